The lowest BCUT2D eigenvalue weighted by Gasteiger charge is -2.24. The predicted molar refractivity (Wildman–Crippen MR) is 50.0 cm³/mol. The molecule has 0 heterocycles. The molecule has 0 spiro atoms. The first-order valence-electron chi connectivity index (χ1n) is 5.46. The summed E-state index contributed by atoms with van der Waals surface area (Å²) in [5.41, 5.74) is 0. The molecule has 1 rings (SSSR count). The summed E-state index contributed by atoms with van der Waals surface area (Å²) in [6.07, 6.45) is 7.54. The van der Waals surface area contributed by atoms with Gasteiger partial charge in [-0.05, 0) is 25.2 Å². The molecule has 0 unspecified atom stereocenters. The van der Waals surface area contributed by atoms with E-state index in [0.717, 1.165) is 32.1 Å². The molecule has 1 saturated carbocycles. The monoisotopic (exact) mass is 183 g/mol. The molecule has 1 aliphatic carbocycles. The molecule has 0 aromatic rings. The second-order valence-corrected chi connectivity index (χ2v) is 4.11. The Balaban J connectivity index is 2.40. The van der Waals surface area contributed by atoms with Crippen LogP contribution in [0.4, 0.5) is 0 Å². The molecule has 0 amide bonds. The molecule has 0 bridgehead atoms. The summed E-state index contributed by atoms with van der Waals surface area (Å²) in [7, 11) is 0. The van der Waals surface area contributed by atoms with Crippen LogP contribution in [0.25, 0.3) is 0 Å². The van der Waals surface area contributed by atoms with E-state index in [9.17, 15) is 9.90 Å². The number of carbonyl (C=O) groups excluding carboxylic acids is 1. The van der Waals surface area contributed by atoms with E-state index in [1.807, 2.05) is 0 Å². The van der Waals surface area contributed by atoms with Crippen molar-refractivity contribution in [1.82, 2.24) is 0 Å². The fraction of sp³-hybridized carbons (Fsp3) is 0.909. The van der Waals surface area contributed by atoms with Crippen molar-refractivity contribution in [2.24, 2.45) is 11.8 Å². The van der Waals surface area contributed by atoms with Crippen molar-refractivity contribution < 1.29 is 9.90 Å². The predicted octanol–water partition coefficient (Wildman–Crippen LogP) is 1.73. The van der Waals surface area contributed by atoms with Crippen LogP contribution in [0.2, 0.25) is 0 Å². The van der Waals surface area contributed by atoms with E-state index >= 15 is 0 Å². The molecule has 0 aliphatic heterocycles. The molecule has 0 aromatic heterocycles. The van der Waals surface area contributed by atoms with Crippen molar-refractivity contribution in [1.29, 1.82) is 0 Å². The molecule has 1 aliphatic rings. The van der Waals surface area contributed by atoms with Crippen LogP contribution in [0.15, 0.2) is 0 Å². The third-order valence-electron chi connectivity index (χ3n) is 3.14. The van der Waals surface area contributed by atoms with E-state index in [0.29, 0.717) is 5.92 Å². The molecule has 13 heavy (non-hydrogen) atoms. The van der Waals surface area contributed by atoms with Gasteiger partial charge in [-0.3, -0.25) is 0 Å². The van der Waals surface area contributed by atoms with Gasteiger partial charge in [0.1, 0.15) is 0 Å². The van der Waals surface area contributed by atoms with Crippen LogP contribution >= 0.6 is 0 Å². The summed E-state index contributed by atoms with van der Waals surface area (Å²) in [6.45, 7) is 2.10. The first-order valence-corrected chi connectivity index (χ1v) is 5.46. The average Bonchev–Trinajstić information content (AvgIpc) is 2.57. The number of carboxylic acids is 1. The summed E-state index contributed by atoms with van der Waals surface area (Å²) in [6, 6.07) is 0. The van der Waals surface area contributed by atoms with E-state index < -0.39 is 5.97 Å². The van der Waals surface area contributed by atoms with Gasteiger partial charge in [0, 0.05) is 11.9 Å². The van der Waals surface area contributed by atoms with Gasteiger partial charge in [0.25, 0.3) is 0 Å². The average molecular weight is 183 g/mol. The summed E-state index contributed by atoms with van der Waals surface area (Å²) in [5, 5.41) is 10.9. The van der Waals surface area contributed by atoms with Crippen LogP contribution in [-0.4, -0.2) is 5.97 Å². The number of rotatable bonds is 5. The van der Waals surface area contributed by atoms with E-state index in [-0.39, 0.29) is 5.92 Å². The minimum absolute atomic E-state index is 0.164. The minimum atomic E-state index is -0.819. The highest BCUT2D eigenvalue weighted by Gasteiger charge is 2.25. The van der Waals surface area contributed by atoms with Crippen LogP contribution in [0.5, 0.6) is 0 Å². The van der Waals surface area contributed by atoms with Crippen molar-refractivity contribution in [3.05, 3.63) is 0 Å². The van der Waals surface area contributed by atoms with Gasteiger partial charge in [-0.2, -0.15) is 0 Å². The van der Waals surface area contributed by atoms with Crippen molar-refractivity contribution in [2.45, 2.75) is 51.9 Å². The highest BCUT2D eigenvalue weighted by Crippen LogP contribution is 2.33. The second kappa shape index (κ2) is 5.25. The first-order chi connectivity index (χ1) is 6.25. The second-order valence-electron chi connectivity index (χ2n) is 4.11. The zero-order valence-electron chi connectivity index (χ0n) is 8.42. The summed E-state index contributed by atoms with van der Waals surface area (Å²) in [5.74, 6) is -0.570. The number of carbonyl (C=O) groups is 1. The lowest BCUT2D eigenvalue weighted by molar-refractivity contribution is -0.313. The summed E-state index contributed by atoms with van der Waals surface area (Å²) >= 11 is 0. The SMILES string of the molecule is CCCC[C@H](C(=O)[O-])C1CCCC1. The maximum atomic E-state index is 10.9. The van der Waals surface area contributed by atoms with Crippen molar-refractivity contribution in [3.63, 3.8) is 0 Å². The Morgan fingerprint density at radius 2 is 2.08 bits per heavy atom. The van der Waals surface area contributed by atoms with Crippen LogP contribution in [-0.2, 0) is 4.79 Å². The van der Waals surface area contributed by atoms with Gasteiger partial charge in [-0.15, -0.1) is 0 Å². The third-order valence-corrected chi connectivity index (χ3v) is 3.14. The van der Waals surface area contributed by atoms with E-state index in [1.54, 1.807) is 0 Å². The van der Waals surface area contributed by atoms with Crippen molar-refractivity contribution in [2.75, 3.05) is 0 Å². The van der Waals surface area contributed by atoms with Gasteiger partial charge in [-0.25, -0.2) is 0 Å². The molecule has 2 heteroatoms. The van der Waals surface area contributed by atoms with Gasteiger partial charge in [0.15, 0.2) is 0 Å². The number of hydrogen-bond donors (Lipinski definition) is 0. The van der Waals surface area contributed by atoms with E-state index in [1.165, 1.54) is 12.8 Å². The Hall–Kier alpha value is -0.530. The Kier molecular flexibility index (Phi) is 4.26. The summed E-state index contributed by atoms with van der Waals surface area (Å²) < 4.78 is 0. The molecular formula is C11H19O2-. The molecule has 0 N–H and O–H groups in total. The molecule has 1 atom stereocenters. The maximum Gasteiger partial charge on any atom is 0.0448 e. The number of carboxylic acid groups (broad SMARTS) is 1. The van der Waals surface area contributed by atoms with Gasteiger partial charge >= 0.3 is 0 Å². The third kappa shape index (κ3) is 3.02. The Morgan fingerprint density at radius 3 is 2.54 bits per heavy atom. The van der Waals surface area contributed by atoms with Crippen molar-refractivity contribution >= 4 is 5.97 Å². The topological polar surface area (TPSA) is 40.1 Å². The van der Waals surface area contributed by atoms with Crippen LogP contribution in [0.1, 0.15) is 51.9 Å². The van der Waals surface area contributed by atoms with Gasteiger partial charge in [-0.1, -0.05) is 32.6 Å². The van der Waals surface area contributed by atoms with Gasteiger partial charge in [0.2, 0.25) is 0 Å². The quantitative estimate of drug-likeness (QED) is 0.651. The molecule has 2 nitrogen and oxygen atoms in total. The zero-order valence-corrected chi connectivity index (χ0v) is 8.42. The highest BCUT2D eigenvalue weighted by atomic mass is 16.4. The highest BCUT2D eigenvalue weighted by molar-refractivity contribution is 5.68. The standard InChI is InChI=1S/C11H20O2/c1-2-3-8-10(11(12)13)9-6-4-5-7-9/h9-10H,2-8H2,1H3,(H,12,13)/p-1/t10-/m0/s1. The molecule has 0 aromatic carbocycles. The molecule has 76 valence electrons. The maximum absolute atomic E-state index is 10.9. The fourth-order valence-electron chi connectivity index (χ4n) is 2.33. The van der Waals surface area contributed by atoms with Gasteiger partial charge in [0.05, 0.1) is 0 Å². The van der Waals surface area contributed by atoms with Crippen LogP contribution in [0, 0.1) is 11.8 Å². The number of unbranched alkanes of at least 4 members (excludes halogenated alkanes) is 1. The minimum Gasteiger partial charge on any atom is -0.550 e. The zero-order chi connectivity index (χ0) is 9.68. The summed E-state index contributed by atoms with van der Waals surface area (Å²) in [4.78, 5) is 10.9. The Morgan fingerprint density at radius 1 is 1.46 bits per heavy atom. The van der Waals surface area contributed by atoms with Gasteiger partial charge < -0.3 is 9.90 Å². The van der Waals surface area contributed by atoms with E-state index in [2.05, 4.69) is 6.92 Å². The Bertz CT molecular complexity index is 159. The smallest absolute Gasteiger partial charge is 0.0448 e. The first kappa shape index (κ1) is 10.6. The number of hydrogen-bond acceptors (Lipinski definition) is 2. The van der Waals surface area contributed by atoms with Crippen LogP contribution < -0.4 is 5.11 Å². The molecular weight excluding hydrogens is 164 g/mol. The molecule has 0 saturated heterocycles. The largest absolute Gasteiger partial charge is 0.550 e. The Labute approximate surface area is 80.3 Å². The lowest BCUT2D eigenvalue weighted by atomic mass is 9.87. The van der Waals surface area contributed by atoms with Crippen LogP contribution in [0.3, 0.4) is 0 Å². The molecule has 1 fully saturated rings. The lowest BCUT2D eigenvalue weighted by Crippen LogP contribution is -2.35. The normalized spacial score (nSPS) is 20.4. The van der Waals surface area contributed by atoms with E-state index in [4.69, 9.17) is 0 Å². The number of aliphatic carboxylic acids is 1. The molecule has 0 radical (unpaired) electrons. The fourth-order valence-corrected chi connectivity index (χ4v) is 2.33. The van der Waals surface area contributed by atoms with Crippen molar-refractivity contribution in [3.8, 4) is 0 Å².